The van der Waals surface area contributed by atoms with Crippen molar-refractivity contribution in [2.24, 2.45) is 0 Å². The van der Waals surface area contributed by atoms with Gasteiger partial charge < -0.3 is 0 Å². The molecule has 6 nitrogen and oxygen atoms in total. The molecule has 3 atom stereocenters. The Bertz CT molecular complexity index is 759. The third kappa shape index (κ3) is 17.9. The molecule has 0 bridgehead atoms. The van der Waals surface area contributed by atoms with Gasteiger partial charge in [-0.3, -0.25) is 29.4 Å². The normalized spacial score (nSPS) is 23.3. The smallest absolute Gasteiger partial charge is 0.0226 e. The fraction of sp³-hybridized carbons (Fsp3) is 1.00. The lowest BCUT2D eigenvalue weighted by Crippen LogP contribution is -2.52. The summed E-state index contributed by atoms with van der Waals surface area (Å²) in [4.78, 5) is 16.0. The van der Waals surface area contributed by atoms with Crippen molar-refractivity contribution in [3.8, 4) is 0 Å². The Balaban J connectivity index is 0.000000368. The maximum Gasteiger partial charge on any atom is 0.0226 e. The van der Waals surface area contributed by atoms with Crippen LogP contribution < -0.4 is 0 Å². The molecule has 0 N–H and O–H groups in total. The zero-order valence-corrected chi connectivity index (χ0v) is 36.2. The van der Waals surface area contributed by atoms with Gasteiger partial charge in [-0.15, -0.1) is 0 Å². The molecule has 3 saturated heterocycles. The van der Waals surface area contributed by atoms with Gasteiger partial charge in [-0.25, -0.2) is 0 Å². The first-order valence-electron chi connectivity index (χ1n) is 21.8. The maximum absolute atomic E-state index is 2.73. The molecule has 0 aromatic heterocycles. The Morgan fingerprint density at radius 3 is 1.45 bits per heavy atom. The van der Waals surface area contributed by atoms with E-state index in [9.17, 15) is 0 Å². The third-order valence-electron chi connectivity index (χ3n) is 11.8. The predicted molar refractivity (Wildman–Crippen MR) is 220 cm³/mol. The van der Waals surface area contributed by atoms with Crippen molar-refractivity contribution in [1.82, 2.24) is 29.4 Å². The van der Waals surface area contributed by atoms with Crippen molar-refractivity contribution in [3.05, 3.63) is 0 Å². The van der Waals surface area contributed by atoms with Crippen LogP contribution in [-0.4, -0.2) is 143 Å². The lowest BCUT2D eigenvalue weighted by molar-refractivity contribution is 0.0554. The van der Waals surface area contributed by atoms with E-state index >= 15 is 0 Å². The summed E-state index contributed by atoms with van der Waals surface area (Å²) >= 11 is 0. The summed E-state index contributed by atoms with van der Waals surface area (Å²) in [6.07, 6.45) is 15.2. The van der Waals surface area contributed by atoms with E-state index in [1.165, 1.54) is 136 Å². The van der Waals surface area contributed by atoms with E-state index in [4.69, 9.17) is 0 Å². The Hall–Kier alpha value is -0.240. The lowest BCUT2D eigenvalue weighted by Gasteiger charge is -2.43. The average Bonchev–Trinajstić information content (AvgIpc) is 3.07. The Morgan fingerprint density at radius 2 is 1.00 bits per heavy atom. The second-order valence-corrected chi connectivity index (χ2v) is 17.1. The second-order valence-electron chi connectivity index (χ2n) is 17.1. The monoisotopic (exact) mass is 693 g/mol. The number of rotatable bonds is 17. The van der Waals surface area contributed by atoms with Crippen LogP contribution >= 0.6 is 0 Å². The van der Waals surface area contributed by atoms with Crippen molar-refractivity contribution in [2.45, 2.75) is 216 Å². The van der Waals surface area contributed by atoms with E-state index < -0.39 is 0 Å². The molecular formula is C43H92N6. The SMILES string of the molecule is CC(C)N(CC1CCCCN1C(C)C)C(C)C.CCCN(CC1CCCCN1CCC)C(C)C.CCN(CC1CCCCN1CC)C(C)C. The number of hydrogen-bond acceptors (Lipinski definition) is 6. The second kappa shape index (κ2) is 26.5. The van der Waals surface area contributed by atoms with E-state index in [0.29, 0.717) is 30.2 Å². The Labute approximate surface area is 310 Å². The van der Waals surface area contributed by atoms with Crippen molar-refractivity contribution >= 4 is 0 Å². The van der Waals surface area contributed by atoms with Crippen LogP contribution in [0.25, 0.3) is 0 Å². The van der Waals surface area contributed by atoms with E-state index in [1.807, 2.05) is 0 Å². The standard InChI is InChI=1S/2C15H32N2.C13H28N2/c1-12(2)16-10-8-7-9-15(16)11-17(13(3)4)14(5)6;1-5-10-16-12-8-7-9-15(16)13-17(11-6-2)14(3)4;1-5-14-10-8-7-9-13(14)11-15(6-2)12(3)4/h12-15H,7-11H2,1-6H3;14-15H,5-13H2,1-4H3;12-13H,5-11H2,1-4H3. The summed E-state index contributed by atoms with van der Waals surface area (Å²) in [7, 11) is 0. The van der Waals surface area contributed by atoms with Gasteiger partial charge in [-0.05, 0) is 166 Å². The molecule has 0 aromatic carbocycles. The number of hydrogen-bond donors (Lipinski definition) is 0. The van der Waals surface area contributed by atoms with Crippen LogP contribution in [0, 0.1) is 0 Å². The highest BCUT2D eigenvalue weighted by Gasteiger charge is 2.28. The van der Waals surface area contributed by atoms with Gasteiger partial charge in [0.05, 0.1) is 0 Å². The van der Waals surface area contributed by atoms with Crippen molar-refractivity contribution in [2.75, 3.05) is 65.4 Å². The van der Waals surface area contributed by atoms with Gasteiger partial charge in [0.1, 0.15) is 0 Å². The van der Waals surface area contributed by atoms with Gasteiger partial charge in [0.15, 0.2) is 0 Å². The zero-order valence-electron chi connectivity index (χ0n) is 36.2. The summed E-state index contributed by atoms with van der Waals surface area (Å²) in [6, 6.07) is 5.80. The molecule has 3 unspecified atom stereocenters. The largest absolute Gasteiger partial charge is 0.300 e. The van der Waals surface area contributed by atoms with Gasteiger partial charge >= 0.3 is 0 Å². The molecule has 3 heterocycles. The number of likely N-dealkylation sites (N-methyl/N-ethyl adjacent to an activating group) is 2. The molecule has 0 aromatic rings. The van der Waals surface area contributed by atoms with E-state index in [-0.39, 0.29) is 0 Å². The number of piperidine rings is 3. The summed E-state index contributed by atoms with van der Waals surface area (Å²) < 4.78 is 0. The molecule has 3 fully saturated rings. The van der Waals surface area contributed by atoms with Gasteiger partial charge in [0, 0.05) is 68.0 Å². The minimum absolute atomic E-state index is 0.658. The zero-order chi connectivity index (χ0) is 36.9. The fourth-order valence-electron chi connectivity index (χ4n) is 8.79. The number of likely N-dealkylation sites (tertiary alicyclic amines) is 3. The molecule has 0 saturated carbocycles. The average molecular weight is 693 g/mol. The first kappa shape index (κ1) is 46.8. The van der Waals surface area contributed by atoms with Crippen molar-refractivity contribution in [1.29, 1.82) is 0 Å². The molecule has 6 heteroatoms. The lowest BCUT2D eigenvalue weighted by atomic mass is 9.99. The highest BCUT2D eigenvalue weighted by Crippen LogP contribution is 2.23. The van der Waals surface area contributed by atoms with Gasteiger partial charge in [-0.1, -0.05) is 47.0 Å². The predicted octanol–water partition coefficient (Wildman–Crippen LogP) is 9.33. The first-order valence-corrected chi connectivity index (χ1v) is 21.8. The fourth-order valence-corrected chi connectivity index (χ4v) is 8.79. The van der Waals surface area contributed by atoms with Crippen LogP contribution in [0.3, 0.4) is 0 Å². The highest BCUT2D eigenvalue weighted by atomic mass is 15.3. The molecule has 49 heavy (non-hydrogen) atoms. The van der Waals surface area contributed by atoms with Gasteiger partial charge in [0.2, 0.25) is 0 Å². The van der Waals surface area contributed by atoms with Crippen LogP contribution in [0.5, 0.6) is 0 Å². The summed E-state index contributed by atoms with van der Waals surface area (Å²) in [5, 5.41) is 0. The molecule has 0 amide bonds. The van der Waals surface area contributed by atoms with Crippen LogP contribution in [0.15, 0.2) is 0 Å². The summed E-state index contributed by atoms with van der Waals surface area (Å²) in [6.45, 7) is 45.1. The van der Waals surface area contributed by atoms with E-state index in [0.717, 1.165) is 18.1 Å². The molecule has 0 radical (unpaired) electrons. The van der Waals surface area contributed by atoms with Crippen LogP contribution in [0.4, 0.5) is 0 Å². The third-order valence-corrected chi connectivity index (χ3v) is 11.8. The molecule has 294 valence electrons. The highest BCUT2D eigenvalue weighted by molar-refractivity contribution is 4.85. The minimum atomic E-state index is 0.658. The van der Waals surface area contributed by atoms with Crippen molar-refractivity contribution in [3.63, 3.8) is 0 Å². The first-order chi connectivity index (χ1) is 23.3. The van der Waals surface area contributed by atoms with Crippen LogP contribution in [0.2, 0.25) is 0 Å². The maximum atomic E-state index is 2.73. The Morgan fingerprint density at radius 1 is 0.510 bits per heavy atom. The number of nitrogens with zero attached hydrogens (tertiary/aromatic N) is 6. The molecule has 3 aliphatic heterocycles. The van der Waals surface area contributed by atoms with Crippen LogP contribution in [0.1, 0.15) is 168 Å². The minimum Gasteiger partial charge on any atom is -0.300 e. The van der Waals surface area contributed by atoms with Crippen LogP contribution in [-0.2, 0) is 0 Å². The Kier molecular flexibility index (Phi) is 25.3. The van der Waals surface area contributed by atoms with Gasteiger partial charge in [0.25, 0.3) is 0 Å². The molecule has 0 aliphatic carbocycles. The molecular weight excluding hydrogens is 601 g/mol. The summed E-state index contributed by atoms with van der Waals surface area (Å²) in [5.74, 6) is 0. The summed E-state index contributed by atoms with van der Waals surface area (Å²) in [5.41, 5.74) is 0. The van der Waals surface area contributed by atoms with E-state index in [1.54, 1.807) is 0 Å². The molecule has 3 aliphatic rings. The molecule has 0 spiro atoms. The van der Waals surface area contributed by atoms with Gasteiger partial charge in [-0.2, -0.15) is 0 Å². The molecule has 3 rings (SSSR count). The van der Waals surface area contributed by atoms with E-state index in [2.05, 4.69) is 126 Å². The topological polar surface area (TPSA) is 19.4 Å². The quantitative estimate of drug-likeness (QED) is 0.150. The van der Waals surface area contributed by atoms with Crippen molar-refractivity contribution < 1.29 is 0 Å².